The van der Waals surface area contributed by atoms with E-state index in [0.717, 1.165) is 24.8 Å². The fourth-order valence-electron chi connectivity index (χ4n) is 2.16. The van der Waals surface area contributed by atoms with Gasteiger partial charge in [0.2, 0.25) is 5.91 Å². The summed E-state index contributed by atoms with van der Waals surface area (Å²) in [7, 11) is 0. The van der Waals surface area contributed by atoms with Gasteiger partial charge in [-0.05, 0) is 52.5 Å². The Labute approximate surface area is 124 Å². The molecule has 0 atom stereocenters. The highest BCUT2D eigenvalue weighted by molar-refractivity contribution is 7.16. The minimum absolute atomic E-state index is 0.138. The van der Waals surface area contributed by atoms with E-state index in [4.69, 9.17) is 5.73 Å². The second kappa shape index (κ2) is 4.87. The van der Waals surface area contributed by atoms with Crippen molar-refractivity contribution < 1.29 is 4.79 Å². The predicted molar refractivity (Wildman–Crippen MR) is 81.7 cm³/mol. The number of rotatable bonds is 3. The topological polar surface area (TPSA) is 78.9 Å². The lowest BCUT2D eigenvalue weighted by molar-refractivity contribution is -0.126. The molecule has 0 aliphatic heterocycles. The summed E-state index contributed by atoms with van der Waals surface area (Å²) in [6.45, 7) is 7.34. The number of nitriles is 1. The average Bonchev–Trinajstić information content (AvgIpc) is 2.87. The third kappa shape index (κ3) is 2.34. The highest BCUT2D eigenvalue weighted by Gasteiger charge is 2.41. The van der Waals surface area contributed by atoms with Crippen LogP contribution >= 0.6 is 11.3 Å². The van der Waals surface area contributed by atoms with E-state index in [1.54, 1.807) is 0 Å². The van der Waals surface area contributed by atoms with Gasteiger partial charge in [-0.15, -0.1) is 11.3 Å². The van der Waals surface area contributed by atoms with Crippen LogP contribution < -0.4 is 11.1 Å². The summed E-state index contributed by atoms with van der Waals surface area (Å²) in [5, 5.41) is 12.9. The Morgan fingerprint density at radius 2 is 2.00 bits per heavy atom. The van der Waals surface area contributed by atoms with E-state index in [1.807, 2.05) is 27.7 Å². The van der Waals surface area contributed by atoms with Gasteiger partial charge in [-0.25, -0.2) is 0 Å². The molecule has 0 saturated heterocycles. The number of amides is 1. The van der Waals surface area contributed by atoms with Crippen molar-refractivity contribution in [3.63, 3.8) is 0 Å². The number of nitrogens with zero attached hydrogens (tertiary/aromatic N) is 1. The number of aryl methyl sites for hydroxylation is 1. The summed E-state index contributed by atoms with van der Waals surface area (Å²) < 4.78 is 0. The highest BCUT2D eigenvalue weighted by Crippen LogP contribution is 2.40. The molecule has 0 saturated carbocycles. The molecular weight excluding hydrogens is 270 g/mol. The zero-order chi connectivity index (χ0) is 15.1. The van der Waals surface area contributed by atoms with Crippen LogP contribution in [0, 0.1) is 16.7 Å². The molecular formula is C15H21N3OS. The lowest BCUT2D eigenvalue weighted by Gasteiger charge is -2.36. The van der Waals surface area contributed by atoms with Crippen molar-refractivity contribution in [3.05, 3.63) is 16.0 Å². The number of hydrogen-bond acceptors (Lipinski definition) is 4. The monoisotopic (exact) mass is 291 g/mol. The Morgan fingerprint density at radius 1 is 1.35 bits per heavy atom. The number of fused-ring (bicyclic) bond motifs is 1. The number of nitrogens with two attached hydrogens (primary N) is 1. The van der Waals surface area contributed by atoms with Crippen molar-refractivity contribution in [2.45, 2.75) is 52.5 Å². The molecule has 0 aromatic carbocycles. The summed E-state index contributed by atoms with van der Waals surface area (Å²) in [4.78, 5) is 13.7. The molecule has 2 rings (SSSR count). The van der Waals surface area contributed by atoms with E-state index >= 15 is 0 Å². The molecule has 1 heterocycles. The Balaban J connectivity index is 2.28. The molecule has 0 fully saturated rings. The molecule has 1 aromatic heterocycles. The number of hydrogen-bond donors (Lipinski definition) is 2. The molecule has 1 aliphatic carbocycles. The third-order valence-electron chi connectivity index (χ3n) is 4.44. The Bertz CT molecular complexity index is 587. The number of anilines is 1. The molecule has 1 aromatic rings. The van der Waals surface area contributed by atoms with Crippen LogP contribution in [0.4, 0.5) is 5.00 Å². The first-order valence-corrected chi connectivity index (χ1v) is 7.65. The van der Waals surface area contributed by atoms with E-state index in [0.29, 0.717) is 10.6 Å². The first-order chi connectivity index (χ1) is 9.18. The molecule has 1 aliphatic rings. The van der Waals surface area contributed by atoms with Crippen LogP contribution in [0.5, 0.6) is 0 Å². The van der Waals surface area contributed by atoms with Gasteiger partial charge >= 0.3 is 0 Å². The van der Waals surface area contributed by atoms with Crippen LogP contribution in [-0.2, 0) is 17.6 Å². The van der Waals surface area contributed by atoms with Gasteiger partial charge < -0.3 is 11.1 Å². The first kappa shape index (κ1) is 15.0. The lowest BCUT2D eigenvalue weighted by Crippen LogP contribution is -2.53. The van der Waals surface area contributed by atoms with Crippen molar-refractivity contribution in [2.75, 3.05) is 5.32 Å². The van der Waals surface area contributed by atoms with Gasteiger partial charge in [-0.2, -0.15) is 5.26 Å². The molecule has 0 unspecified atom stereocenters. The molecule has 3 N–H and O–H groups in total. The molecule has 0 spiro atoms. The van der Waals surface area contributed by atoms with Crippen molar-refractivity contribution in [2.24, 2.45) is 11.1 Å². The van der Waals surface area contributed by atoms with E-state index in [9.17, 15) is 10.1 Å². The van der Waals surface area contributed by atoms with Crippen molar-refractivity contribution in [1.29, 1.82) is 5.26 Å². The van der Waals surface area contributed by atoms with Crippen LogP contribution in [0.15, 0.2) is 0 Å². The maximum absolute atomic E-state index is 12.5. The summed E-state index contributed by atoms with van der Waals surface area (Å²) in [6, 6.07) is 2.24. The molecule has 0 radical (unpaired) electrons. The van der Waals surface area contributed by atoms with Crippen LogP contribution in [0.25, 0.3) is 0 Å². The van der Waals surface area contributed by atoms with Gasteiger partial charge in [0.15, 0.2) is 0 Å². The highest BCUT2D eigenvalue weighted by atomic mass is 32.1. The lowest BCUT2D eigenvalue weighted by atomic mass is 9.74. The Hall–Kier alpha value is -1.38. The second-order valence-corrected chi connectivity index (χ2v) is 7.58. The van der Waals surface area contributed by atoms with E-state index in [1.165, 1.54) is 16.2 Å². The van der Waals surface area contributed by atoms with Crippen LogP contribution in [-0.4, -0.2) is 11.4 Å². The maximum atomic E-state index is 12.5. The van der Waals surface area contributed by atoms with Crippen molar-refractivity contribution in [1.82, 2.24) is 0 Å². The van der Waals surface area contributed by atoms with E-state index in [2.05, 4.69) is 11.4 Å². The SMILES string of the molecule is CC(C)(N)C(C)(C)C(=O)Nc1sc2c(c1C#N)CCC2. The number of nitrogens with one attached hydrogen (secondary N) is 1. The average molecular weight is 291 g/mol. The van der Waals surface area contributed by atoms with Crippen LogP contribution in [0.2, 0.25) is 0 Å². The van der Waals surface area contributed by atoms with Crippen LogP contribution in [0.1, 0.15) is 50.1 Å². The Morgan fingerprint density at radius 3 is 2.55 bits per heavy atom. The van der Waals surface area contributed by atoms with Gasteiger partial charge in [-0.3, -0.25) is 4.79 Å². The van der Waals surface area contributed by atoms with Gasteiger partial charge in [0.25, 0.3) is 0 Å². The van der Waals surface area contributed by atoms with Gasteiger partial charge in [0.1, 0.15) is 11.1 Å². The summed E-state index contributed by atoms with van der Waals surface area (Å²) in [6.07, 6.45) is 3.05. The molecule has 108 valence electrons. The fourth-order valence-corrected chi connectivity index (χ4v) is 3.40. The fraction of sp³-hybridized carbons (Fsp3) is 0.600. The maximum Gasteiger partial charge on any atom is 0.232 e. The number of carbonyl (C=O) groups excluding carboxylic acids is 1. The molecule has 0 bridgehead atoms. The zero-order valence-corrected chi connectivity index (χ0v) is 13.3. The third-order valence-corrected chi connectivity index (χ3v) is 5.65. The molecule has 20 heavy (non-hydrogen) atoms. The Kier molecular flexibility index (Phi) is 3.66. The normalized spacial score (nSPS) is 14.8. The van der Waals surface area contributed by atoms with Crippen molar-refractivity contribution >= 4 is 22.2 Å². The van der Waals surface area contributed by atoms with Crippen LogP contribution in [0.3, 0.4) is 0 Å². The summed E-state index contributed by atoms with van der Waals surface area (Å²) >= 11 is 1.53. The smallest absolute Gasteiger partial charge is 0.232 e. The first-order valence-electron chi connectivity index (χ1n) is 6.83. The largest absolute Gasteiger partial charge is 0.325 e. The predicted octanol–water partition coefficient (Wildman–Crippen LogP) is 2.81. The van der Waals surface area contributed by atoms with E-state index in [-0.39, 0.29) is 5.91 Å². The quantitative estimate of drug-likeness (QED) is 0.898. The molecule has 4 nitrogen and oxygen atoms in total. The minimum atomic E-state index is -0.714. The minimum Gasteiger partial charge on any atom is -0.325 e. The van der Waals surface area contributed by atoms with Crippen molar-refractivity contribution in [3.8, 4) is 6.07 Å². The summed E-state index contributed by atoms with van der Waals surface area (Å²) in [5.41, 5.74) is 6.50. The number of carbonyl (C=O) groups is 1. The summed E-state index contributed by atoms with van der Waals surface area (Å²) in [5.74, 6) is -0.138. The number of thiophene rings is 1. The standard InChI is InChI=1S/C15H21N3OS/c1-14(2,15(3,4)17)13(19)18-12-10(8-16)9-6-5-7-11(9)20-12/h5-7,17H2,1-4H3,(H,18,19). The van der Waals surface area contributed by atoms with Gasteiger partial charge in [-0.1, -0.05) is 0 Å². The molecule has 1 amide bonds. The second-order valence-electron chi connectivity index (χ2n) is 6.47. The van der Waals surface area contributed by atoms with Gasteiger partial charge in [0, 0.05) is 10.4 Å². The van der Waals surface area contributed by atoms with E-state index < -0.39 is 11.0 Å². The van der Waals surface area contributed by atoms with Gasteiger partial charge in [0.05, 0.1) is 11.0 Å². The zero-order valence-electron chi connectivity index (χ0n) is 12.5. The molecule has 5 heteroatoms.